The summed E-state index contributed by atoms with van der Waals surface area (Å²) in [6.07, 6.45) is 2.40. The zero-order valence-electron chi connectivity index (χ0n) is 14.9. The molecule has 5 nitrogen and oxygen atoms in total. The number of hydrogen-bond donors (Lipinski definition) is 1. The summed E-state index contributed by atoms with van der Waals surface area (Å²) in [5.74, 6) is 1.07. The maximum absolute atomic E-state index is 12.7. The molecule has 26 heavy (non-hydrogen) atoms. The van der Waals surface area contributed by atoms with Crippen molar-refractivity contribution in [3.05, 3.63) is 60.3 Å². The van der Waals surface area contributed by atoms with Gasteiger partial charge < -0.3 is 19.5 Å². The Labute approximate surface area is 153 Å². The van der Waals surface area contributed by atoms with E-state index in [0.717, 1.165) is 54.1 Å². The van der Waals surface area contributed by atoms with Gasteiger partial charge in [0.25, 0.3) is 0 Å². The van der Waals surface area contributed by atoms with Crippen molar-refractivity contribution in [1.29, 1.82) is 0 Å². The fraction of sp³-hybridized carbons (Fsp3) is 0.286. The van der Waals surface area contributed by atoms with Crippen molar-refractivity contribution < 1.29 is 9.53 Å². The van der Waals surface area contributed by atoms with Gasteiger partial charge in [0.2, 0.25) is 5.91 Å². The number of rotatable bonds is 4. The number of methoxy groups -OCH3 is 1. The summed E-state index contributed by atoms with van der Waals surface area (Å²) in [4.78, 5) is 20.2. The topological polar surface area (TPSA) is 48.6 Å². The number of nitrogens with one attached hydrogen (secondary N) is 1. The fourth-order valence-corrected chi connectivity index (χ4v) is 3.64. The van der Waals surface area contributed by atoms with Gasteiger partial charge in [-0.3, -0.25) is 4.79 Å². The number of nitrogens with zero attached hydrogens (tertiary/aromatic N) is 2. The molecule has 0 aliphatic carbocycles. The smallest absolute Gasteiger partial charge is 0.227 e. The number of aromatic nitrogens is 1. The normalized spacial score (nSPS) is 14.7. The second-order valence-electron chi connectivity index (χ2n) is 6.58. The van der Waals surface area contributed by atoms with Crippen LogP contribution in [0.15, 0.2) is 54.7 Å². The molecule has 134 valence electrons. The molecule has 0 unspecified atom stereocenters. The van der Waals surface area contributed by atoms with Crippen LogP contribution in [-0.4, -0.2) is 49.1 Å². The standard InChI is InChI=1S/C21H23N3O2/c1-26-20-9-5-4-8-19(20)23-10-12-24(13-11-23)21(25)14-16-15-22-18-7-3-2-6-17(16)18/h2-9,15,22H,10-14H2,1H3. The summed E-state index contributed by atoms with van der Waals surface area (Å²) < 4.78 is 5.46. The van der Waals surface area contributed by atoms with E-state index in [9.17, 15) is 4.79 Å². The Balaban J connectivity index is 1.41. The largest absolute Gasteiger partial charge is 0.495 e. The molecular weight excluding hydrogens is 326 g/mol. The Morgan fingerprint density at radius 3 is 2.58 bits per heavy atom. The van der Waals surface area contributed by atoms with E-state index in [-0.39, 0.29) is 5.91 Å². The first-order valence-electron chi connectivity index (χ1n) is 8.97. The lowest BCUT2D eigenvalue weighted by atomic mass is 10.1. The lowest BCUT2D eigenvalue weighted by Crippen LogP contribution is -2.49. The van der Waals surface area contributed by atoms with Crippen LogP contribution in [0.2, 0.25) is 0 Å². The van der Waals surface area contributed by atoms with Gasteiger partial charge in [-0.15, -0.1) is 0 Å². The first kappa shape index (κ1) is 16.5. The highest BCUT2D eigenvalue weighted by atomic mass is 16.5. The van der Waals surface area contributed by atoms with Gasteiger partial charge in [0.15, 0.2) is 0 Å². The average Bonchev–Trinajstić information content (AvgIpc) is 3.11. The molecule has 1 aliphatic heterocycles. The number of para-hydroxylation sites is 3. The molecule has 1 saturated heterocycles. The van der Waals surface area contributed by atoms with E-state index >= 15 is 0 Å². The maximum Gasteiger partial charge on any atom is 0.227 e. The summed E-state index contributed by atoms with van der Waals surface area (Å²) >= 11 is 0. The summed E-state index contributed by atoms with van der Waals surface area (Å²) in [7, 11) is 1.69. The van der Waals surface area contributed by atoms with Crippen LogP contribution in [0.4, 0.5) is 5.69 Å². The second-order valence-corrected chi connectivity index (χ2v) is 6.58. The minimum atomic E-state index is 0.189. The van der Waals surface area contributed by atoms with Gasteiger partial charge in [-0.05, 0) is 23.8 Å². The van der Waals surface area contributed by atoms with Crippen LogP contribution in [0.25, 0.3) is 10.9 Å². The van der Waals surface area contributed by atoms with E-state index in [2.05, 4.69) is 22.0 Å². The van der Waals surface area contributed by atoms with E-state index in [0.29, 0.717) is 6.42 Å². The predicted octanol–water partition coefficient (Wildman–Crippen LogP) is 3.07. The van der Waals surface area contributed by atoms with E-state index in [4.69, 9.17) is 4.74 Å². The molecule has 1 fully saturated rings. The van der Waals surface area contributed by atoms with Crippen molar-refractivity contribution in [2.24, 2.45) is 0 Å². The maximum atomic E-state index is 12.7. The quantitative estimate of drug-likeness (QED) is 0.787. The van der Waals surface area contributed by atoms with Crippen LogP contribution in [0.3, 0.4) is 0 Å². The molecule has 0 radical (unpaired) electrons. The van der Waals surface area contributed by atoms with Gasteiger partial charge in [-0.1, -0.05) is 30.3 Å². The second kappa shape index (κ2) is 7.12. The molecule has 3 aromatic rings. The molecule has 0 bridgehead atoms. The monoisotopic (exact) mass is 349 g/mol. The number of fused-ring (bicyclic) bond motifs is 1. The number of amides is 1. The van der Waals surface area contributed by atoms with Crippen LogP contribution < -0.4 is 9.64 Å². The predicted molar refractivity (Wildman–Crippen MR) is 104 cm³/mol. The minimum Gasteiger partial charge on any atom is -0.495 e. The number of carbonyl (C=O) groups is 1. The Morgan fingerprint density at radius 2 is 1.77 bits per heavy atom. The number of H-pyrrole nitrogens is 1. The number of piperazine rings is 1. The van der Waals surface area contributed by atoms with E-state index in [1.807, 2.05) is 47.5 Å². The Hall–Kier alpha value is -2.95. The summed E-state index contributed by atoms with van der Waals surface area (Å²) in [5.41, 5.74) is 3.24. The van der Waals surface area contributed by atoms with Crippen molar-refractivity contribution in [1.82, 2.24) is 9.88 Å². The van der Waals surface area contributed by atoms with Crippen molar-refractivity contribution in [2.45, 2.75) is 6.42 Å². The van der Waals surface area contributed by atoms with Crippen LogP contribution in [0.1, 0.15) is 5.56 Å². The number of benzene rings is 2. The highest BCUT2D eigenvalue weighted by Gasteiger charge is 2.23. The molecule has 1 aromatic heterocycles. The number of aromatic amines is 1. The fourth-order valence-electron chi connectivity index (χ4n) is 3.64. The van der Waals surface area contributed by atoms with Gasteiger partial charge >= 0.3 is 0 Å². The average molecular weight is 349 g/mol. The summed E-state index contributed by atoms with van der Waals surface area (Å²) in [5, 5.41) is 1.13. The van der Waals surface area contributed by atoms with Gasteiger partial charge in [-0.25, -0.2) is 0 Å². The molecule has 2 aromatic carbocycles. The molecule has 0 spiro atoms. The molecule has 1 amide bonds. The highest BCUT2D eigenvalue weighted by molar-refractivity contribution is 5.89. The first-order chi connectivity index (χ1) is 12.8. The summed E-state index contributed by atoms with van der Waals surface area (Å²) in [6, 6.07) is 16.2. The molecule has 1 aliphatic rings. The number of ether oxygens (including phenoxy) is 1. The number of anilines is 1. The summed E-state index contributed by atoms with van der Waals surface area (Å²) in [6.45, 7) is 3.11. The number of hydrogen-bond acceptors (Lipinski definition) is 3. The van der Waals surface area contributed by atoms with Crippen LogP contribution >= 0.6 is 0 Å². The molecule has 4 rings (SSSR count). The number of carbonyl (C=O) groups excluding carboxylic acids is 1. The molecule has 2 heterocycles. The van der Waals surface area contributed by atoms with Crippen LogP contribution in [-0.2, 0) is 11.2 Å². The first-order valence-corrected chi connectivity index (χ1v) is 8.97. The third-order valence-corrected chi connectivity index (χ3v) is 5.07. The Kier molecular flexibility index (Phi) is 4.52. The third-order valence-electron chi connectivity index (χ3n) is 5.07. The molecule has 1 N–H and O–H groups in total. The molecule has 0 atom stereocenters. The van der Waals surface area contributed by atoms with Gasteiger partial charge in [0.1, 0.15) is 5.75 Å². The van der Waals surface area contributed by atoms with Crippen molar-refractivity contribution in [2.75, 3.05) is 38.2 Å². The molecular formula is C21H23N3O2. The van der Waals surface area contributed by atoms with Crippen molar-refractivity contribution in [3.8, 4) is 5.75 Å². The zero-order chi connectivity index (χ0) is 17.9. The van der Waals surface area contributed by atoms with E-state index in [1.54, 1.807) is 7.11 Å². The Morgan fingerprint density at radius 1 is 1.04 bits per heavy atom. The Bertz CT molecular complexity index is 910. The molecule has 0 saturated carbocycles. The van der Waals surface area contributed by atoms with Crippen LogP contribution in [0.5, 0.6) is 5.75 Å². The highest BCUT2D eigenvalue weighted by Crippen LogP contribution is 2.28. The van der Waals surface area contributed by atoms with E-state index in [1.165, 1.54) is 0 Å². The van der Waals surface area contributed by atoms with Gasteiger partial charge in [-0.2, -0.15) is 0 Å². The third kappa shape index (κ3) is 3.12. The van der Waals surface area contributed by atoms with Gasteiger partial charge in [0, 0.05) is 43.3 Å². The lowest BCUT2D eigenvalue weighted by molar-refractivity contribution is -0.130. The van der Waals surface area contributed by atoms with Crippen LogP contribution in [0, 0.1) is 0 Å². The van der Waals surface area contributed by atoms with E-state index < -0.39 is 0 Å². The zero-order valence-corrected chi connectivity index (χ0v) is 14.9. The van der Waals surface area contributed by atoms with Gasteiger partial charge in [0.05, 0.1) is 19.2 Å². The van der Waals surface area contributed by atoms with Crippen molar-refractivity contribution >= 4 is 22.5 Å². The lowest BCUT2D eigenvalue weighted by Gasteiger charge is -2.36. The minimum absolute atomic E-state index is 0.189. The SMILES string of the molecule is COc1ccccc1N1CCN(C(=O)Cc2c[nH]c3ccccc23)CC1. The van der Waals surface area contributed by atoms with Crippen molar-refractivity contribution in [3.63, 3.8) is 0 Å². The molecule has 5 heteroatoms.